The van der Waals surface area contributed by atoms with Crippen molar-refractivity contribution in [3.05, 3.63) is 119 Å². The molecule has 0 spiro atoms. The molecule has 6 N–H and O–H groups in total. The molecule has 4 aromatic carbocycles. The number of nitrogen functional groups attached to an aromatic ring is 1. The third-order valence-corrected chi connectivity index (χ3v) is 14.3. The van der Waals surface area contributed by atoms with Crippen molar-refractivity contribution < 1.29 is 43.6 Å². The lowest BCUT2D eigenvalue weighted by Gasteiger charge is -2.35. The van der Waals surface area contributed by atoms with Gasteiger partial charge < -0.3 is 50.6 Å². The second-order valence-electron chi connectivity index (χ2n) is 19.9. The van der Waals surface area contributed by atoms with Gasteiger partial charge in [0, 0.05) is 120 Å². The second kappa shape index (κ2) is 23.8. The van der Waals surface area contributed by atoms with Crippen LogP contribution in [0.4, 0.5) is 16.6 Å². The Hall–Kier alpha value is -9.16. The van der Waals surface area contributed by atoms with Crippen LogP contribution in [0.5, 0.6) is 28.7 Å². The number of carbonyl (C=O) groups is 4. The van der Waals surface area contributed by atoms with E-state index in [-0.39, 0.29) is 52.1 Å². The average molecular weight is 1090 g/mol. The van der Waals surface area contributed by atoms with Crippen LogP contribution < -0.4 is 36.2 Å². The number of carbonyl (C=O) groups excluding carboxylic acids is 4. The van der Waals surface area contributed by atoms with Gasteiger partial charge >= 0.3 is 6.09 Å². The largest absolute Gasteiger partial charge is 0.508 e. The summed E-state index contributed by atoms with van der Waals surface area (Å²) in [7, 11) is 1.55. The summed E-state index contributed by atoms with van der Waals surface area (Å²) in [6, 6.07) is 21.0. The fraction of sp³-hybridized carbons (Fsp3) is 0.357. The van der Waals surface area contributed by atoms with E-state index in [0.29, 0.717) is 130 Å². The Bertz CT molecular complexity index is 3500. The molecule has 80 heavy (non-hydrogen) atoms. The fourth-order valence-corrected chi connectivity index (χ4v) is 10.0. The Morgan fingerprint density at radius 1 is 0.825 bits per heavy atom. The maximum atomic E-state index is 13.8. The number of piperazine rings is 2. The van der Waals surface area contributed by atoms with Crippen LogP contribution in [0.15, 0.2) is 90.2 Å². The summed E-state index contributed by atoms with van der Waals surface area (Å²) >= 11 is 0. The Balaban J connectivity index is 0.670. The lowest BCUT2D eigenvalue weighted by Crippen LogP contribution is -2.49. The van der Waals surface area contributed by atoms with Crippen LogP contribution in [0.2, 0.25) is 0 Å². The summed E-state index contributed by atoms with van der Waals surface area (Å²) in [6.07, 6.45) is 2.99. The Kier molecular flexibility index (Phi) is 16.1. The summed E-state index contributed by atoms with van der Waals surface area (Å²) in [4.78, 5) is 78.1. The van der Waals surface area contributed by atoms with Gasteiger partial charge in [0.05, 0.1) is 24.8 Å². The quantitative estimate of drug-likeness (QED) is 0.0823. The van der Waals surface area contributed by atoms with Crippen LogP contribution in [0.25, 0.3) is 28.0 Å². The van der Waals surface area contributed by atoms with Crippen LogP contribution in [0, 0.1) is 0 Å². The highest BCUT2D eigenvalue weighted by atomic mass is 16.6. The molecular formula is C56H63N15O9. The fourth-order valence-electron chi connectivity index (χ4n) is 10.0. The molecule has 0 aliphatic carbocycles. The number of nitrogens with two attached hydrogens (primary N) is 1. The van der Waals surface area contributed by atoms with Crippen molar-refractivity contribution in [1.29, 1.82) is 0 Å². The molecule has 10 rings (SSSR count). The number of aromatic nitrogens is 7. The molecule has 3 aromatic heterocycles. The van der Waals surface area contributed by atoms with E-state index in [0.717, 1.165) is 29.7 Å². The highest BCUT2D eigenvalue weighted by Gasteiger charge is 2.28. The number of nitrogens with one attached hydrogen (secondary N) is 2. The molecule has 6 heterocycles. The van der Waals surface area contributed by atoms with Gasteiger partial charge in [-0.05, 0) is 85.0 Å². The number of nitrogens with zero attached hydrogens (tertiary/aromatic N) is 12. The molecule has 24 nitrogen and oxygen atoms in total. The van der Waals surface area contributed by atoms with Crippen molar-refractivity contribution in [3.63, 3.8) is 0 Å². The summed E-state index contributed by atoms with van der Waals surface area (Å²) in [5.41, 5.74) is 9.43. The SMILES string of the molecule is CCNC(=O)c1nnc(-c2cc(C(C)C)c(O)cc2O)n1-c1ccc(C(=O)N2CCN(Cc3ccc(OC(=O)N4CCN(CCCOc5ccc6c7n(c(=NC(=O)c8cnc(N)nc8)nc6c5OC)CCN7)CC4)cc3)CC2)cc1. The first kappa shape index (κ1) is 54.2. The highest BCUT2D eigenvalue weighted by molar-refractivity contribution is 5.97. The highest BCUT2D eigenvalue weighted by Crippen LogP contribution is 2.39. The third-order valence-electron chi connectivity index (χ3n) is 14.3. The van der Waals surface area contributed by atoms with E-state index >= 15 is 0 Å². The predicted molar refractivity (Wildman–Crippen MR) is 295 cm³/mol. The molecule has 2 fully saturated rings. The zero-order valence-electron chi connectivity index (χ0n) is 45.0. The number of aromatic hydroxyl groups is 2. The number of ether oxygens (including phenoxy) is 3. The molecule has 3 aliphatic heterocycles. The first-order valence-corrected chi connectivity index (χ1v) is 26.6. The van der Waals surface area contributed by atoms with E-state index in [1.165, 1.54) is 23.0 Å². The van der Waals surface area contributed by atoms with E-state index in [4.69, 9.17) is 24.9 Å². The van der Waals surface area contributed by atoms with Gasteiger partial charge in [0.15, 0.2) is 17.3 Å². The van der Waals surface area contributed by atoms with Gasteiger partial charge in [-0.3, -0.25) is 33.3 Å². The smallest absolute Gasteiger partial charge is 0.415 e. The topological polar surface area (TPSA) is 286 Å². The molecule has 0 bridgehead atoms. The molecule has 4 amide bonds. The summed E-state index contributed by atoms with van der Waals surface area (Å²) in [6.45, 7) is 13.9. The molecule has 0 atom stereocenters. The lowest BCUT2D eigenvalue weighted by atomic mass is 9.98. The Morgan fingerprint density at radius 3 is 2.24 bits per heavy atom. The van der Waals surface area contributed by atoms with E-state index in [2.05, 4.69) is 45.6 Å². The standard InChI is InChI=1S/C56H63N15O9/c1-5-58-52(75)50-65-64-49(42-29-41(34(2)3)43(72)30-44(42)73)71(50)38-11-9-36(10-12-38)53(76)68-24-22-67(23-25-68)33-35-7-13-39(14-8-35)80-56(77)69-26-20-66(21-27-69)18-6-28-79-45-16-15-40-46(47(45)78-4)62-55(70-19-17-59-48(40)70)63-51(74)37-31-60-54(57)61-32-37/h7-16,29-32,34,59,72-73H,5-6,17-28,33H2,1-4H3,(H,58,75)(H2,57,60,61). The van der Waals surface area contributed by atoms with Crippen molar-refractivity contribution in [2.75, 3.05) is 96.8 Å². The molecule has 3 aliphatic rings. The van der Waals surface area contributed by atoms with Gasteiger partial charge in [-0.25, -0.2) is 19.7 Å². The van der Waals surface area contributed by atoms with Gasteiger partial charge in [-0.1, -0.05) is 26.0 Å². The van der Waals surface area contributed by atoms with Crippen LogP contribution in [0.3, 0.4) is 0 Å². The number of rotatable bonds is 16. The van der Waals surface area contributed by atoms with Gasteiger partial charge in [0.25, 0.3) is 17.7 Å². The molecule has 24 heteroatoms. The number of phenols is 2. The molecular weight excluding hydrogens is 1030 g/mol. The molecule has 0 saturated carbocycles. The van der Waals surface area contributed by atoms with Crippen LogP contribution in [-0.2, 0) is 13.1 Å². The number of benzene rings is 4. The number of methoxy groups -OCH3 is 1. The van der Waals surface area contributed by atoms with Gasteiger partial charge in [0.2, 0.25) is 17.4 Å². The van der Waals surface area contributed by atoms with Crippen molar-refractivity contribution in [2.45, 2.75) is 46.2 Å². The molecule has 0 radical (unpaired) electrons. The summed E-state index contributed by atoms with van der Waals surface area (Å²) in [5, 5.41) is 36.8. The maximum Gasteiger partial charge on any atom is 0.415 e. The number of hydrogen-bond donors (Lipinski definition) is 5. The van der Waals surface area contributed by atoms with Gasteiger partial charge in [-0.15, -0.1) is 10.2 Å². The normalized spacial score (nSPS) is 15.0. The molecule has 0 unspecified atom stereocenters. The van der Waals surface area contributed by atoms with E-state index in [1.54, 1.807) is 49.3 Å². The minimum absolute atomic E-state index is 0.00328. The number of phenolic OH excluding ortho intramolecular Hbond substituents is 2. The van der Waals surface area contributed by atoms with Crippen LogP contribution >= 0.6 is 0 Å². The zero-order chi connectivity index (χ0) is 56.0. The van der Waals surface area contributed by atoms with E-state index < -0.39 is 17.9 Å². The van der Waals surface area contributed by atoms with Crippen molar-refractivity contribution in [2.24, 2.45) is 4.99 Å². The first-order chi connectivity index (χ1) is 38.8. The van der Waals surface area contributed by atoms with Crippen molar-refractivity contribution in [1.82, 2.24) is 59.2 Å². The number of hydrogen-bond acceptors (Lipinski definition) is 18. The maximum absolute atomic E-state index is 13.8. The van der Waals surface area contributed by atoms with Crippen LogP contribution in [-0.4, -0.2) is 174 Å². The minimum atomic E-state index is -0.551. The molecule has 416 valence electrons. The minimum Gasteiger partial charge on any atom is -0.508 e. The monoisotopic (exact) mass is 1090 g/mol. The zero-order valence-corrected chi connectivity index (χ0v) is 45.0. The number of anilines is 2. The van der Waals surface area contributed by atoms with Gasteiger partial charge in [-0.2, -0.15) is 4.99 Å². The summed E-state index contributed by atoms with van der Waals surface area (Å²) < 4.78 is 21.2. The number of amides is 4. The van der Waals surface area contributed by atoms with E-state index in [1.807, 2.05) is 59.7 Å². The lowest BCUT2D eigenvalue weighted by molar-refractivity contribution is 0.0628. The van der Waals surface area contributed by atoms with Crippen molar-refractivity contribution in [3.8, 4) is 45.8 Å². The predicted octanol–water partition coefficient (Wildman–Crippen LogP) is 4.66. The molecule has 2 saturated heterocycles. The Morgan fingerprint density at radius 2 is 1.54 bits per heavy atom. The summed E-state index contributed by atoms with van der Waals surface area (Å²) in [5.74, 6) is 0.987. The van der Waals surface area contributed by atoms with Crippen LogP contribution in [0.1, 0.15) is 75.6 Å². The molecule has 7 aromatic rings. The second-order valence-corrected chi connectivity index (χ2v) is 19.9. The van der Waals surface area contributed by atoms with Crippen molar-refractivity contribution >= 4 is 46.5 Å². The first-order valence-electron chi connectivity index (χ1n) is 26.6. The Labute approximate surface area is 460 Å². The van der Waals surface area contributed by atoms with Gasteiger partial charge in [0.1, 0.15) is 28.6 Å². The number of fused-ring (bicyclic) bond motifs is 3. The average Bonchev–Trinajstić information content (AvgIpc) is 4.30. The third kappa shape index (κ3) is 11.7. The van der Waals surface area contributed by atoms with E-state index in [9.17, 15) is 29.4 Å².